The average molecular weight is 393 g/mol. The maximum atomic E-state index is 12.5. The third-order valence-electron chi connectivity index (χ3n) is 5.10. The van der Waals surface area contributed by atoms with Crippen molar-refractivity contribution in [3.05, 3.63) is 17.5 Å². The summed E-state index contributed by atoms with van der Waals surface area (Å²) in [6.45, 7) is 3.16. The number of hydrogen-bond acceptors (Lipinski definition) is 5. The minimum atomic E-state index is -0.361. The van der Waals surface area contributed by atoms with E-state index >= 15 is 0 Å². The molecule has 1 aliphatic heterocycles. The van der Waals surface area contributed by atoms with Crippen molar-refractivity contribution < 1.29 is 19.1 Å². The predicted molar refractivity (Wildman–Crippen MR) is 104 cm³/mol. The second-order valence-corrected chi connectivity index (χ2v) is 7.35. The van der Waals surface area contributed by atoms with Crippen LogP contribution in [0.25, 0.3) is 0 Å². The fourth-order valence-electron chi connectivity index (χ4n) is 3.30. The summed E-state index contributed by atoms with van der Waals surface area (Å²) in [6, 6.07) is 1.55. The summed E-state index contributed by atoms with van der Waals surface area (Å²) in [5.41, 5.74) is 1.26. The van der Waals surface area contributed by atoms with Crippen molar-refractivity contribution in [1.82, 2.24) is 25.3 Å². The van der Waals surface area contributed by atoms with Crippen LogP contribution in [-0.2, 0) is 21.4 Å². The second kappa shape index (κ2) is 10.2. The molecule has 0 bridgehead atoms. The Kier molecular flexibility index (Phi) is 7.98. The van der Waals surface area contributed by atoms with Crippen molar-refractivity contribution in [3.8, 4) is 0 Å². The Morgan fingerprint density at radius 2 is 2.07 bits per heavy atom. The van der Waals surface area contributed by atoms with E-state index < -0.39 is 0 Å². The molecule has 1 saturated heterocycles. The van der Waals surface area contributed by atoms with Gasteiger partial charge in [0, 0.05) is 58.4 Å². The highest BCUT2D eigenvalue weighted by Crippen LogP contribution is 2.19. The molecule has 156 valence electrons. The fraction of sp³-hybridized carbons (Fsp3) is 0.684. The van der Waals surface area contributed by atoms with Crippen LogP contribution >= 0.6 is 0 Å². The molecule has 0 aliphatic carbocycles. The molecule has 0 saturated carbocycles. The van der Waals surface area contributed by atoms with Crippen LogP contribution < -0.4 is 10.6 Å². The van der Waals surface area contributed by atoms with Crippen molar-refractivity contribution in [3.63, 3.8) is 0 Å². The highest BCUT2D eigenvalue weighted by molar-refractivity contribution is 5.92. The summed E-state index contributed by atoms with van der Waals surface area (Å²) in [5.74, 6) is -0.825. The molecule has 1 aromatic rings. The highest BCUT2D eigenvalue weighted by Gasteiger charge is 2.28. The van der Waals surface area contributed by atoms with E-state index in [9.17, 15) is 14.4 Å². The number of aromatic nitrogens is 2. The molecule has 0 spiro atoms. The summed E-state index contributed by atoms with van der Waals surface area (Å²) in [6.07, 6.45) is 2.22. The number of hydrogen-bond donors (Lipinski definition) is 2. The number of ether oxygens (including phenoxy) is 1. The van der Waals surface area contributed by atoms with Gasteiger partial charge < -0.3 is 20.3 Å². The molecule has 9 heteroatoms. The van der Waals surface area contributed by atoms with Gasteiger partial charge in [0.1, 0.15) is 5.69 Å². The lowest BCUT2D eigenvalue weighted by Crippen LogP contribution is -2.44. The first-order chi connectivity index (χ1) is 13.3. The summed E-state index contributed by atoms with van der Waals surface area (Å²) in [4.78, 5) is 39.0. The van der Waals surface area contributed by atoms with Crippen LogP contribution in [0.1, 0.15) is 41.9 Å². The number of nitrogens with zero attached hydrogens (tertiary/aromatic N) is 3. The Hall–Kier alpha value is -2.42. The van der Waals surface area contributed by atoms with E-state index in [1.54, 1.807) is 36.9 Å². The van der Waals surface area contributed by atoms with Gasteiger partial charge in [0.05, 0.1) is 6.61 Å². The molecule has 2 unspecified atom stereocenters. The monoisotopic (exact) mass is 393 g/mol. The SMILES string of the molecule is COCCNC(=O)C1CCCC(NC(=O)c2cc(C)n(C)n2)CN(C)C(=O)C1. The van der Waals surface area contributed by atoms with Crippen LogP contribution in [0.3, 0.4) is 0 Å². The zero-order valence-electron chi connectivity index (χ0n) is 17.2. The number of methoxy groups -OCH3 is 1. The first kappa shape index (κ1) is 21.9. The van der Waals surface area contributed by atoms with Crippen LogP contribution in [0.2, 0.25) is 0 Å². The molecule has 2 heterocycles. The van der Waals surface area contributed by atoms with Gasteiger partial charge in [0.2, 0.25) is 11.8 Å². The van der Waals surface area contributed by atoms with Crippen molar-refractivity contribution in [2.24, 2.45) is 13.0 Å². The van der Waals surface area contributed by atoms with E-state index in [-0.39, 0.29) is 36.1 Å². The summed E-state index contributed by atoms with van der Waals surface area (Å²) in [7, 11) is 5.07. The van der Waals surface area contributed by atoms with Crippen LogP contribution in [0.4, 0.5) is 0 Å². The first-order valence-corrected chi connectivity index (χ1v) is 9.64. The fourth-order valence-corrected chi connectivity index (χ4v) is 3.30. The van der Waals surface area contributed by atoms with Crippen molar-refractivity contribution in [2.45, 2.75) is 38.6 Å². The van der Waals surface area contributed by atoms with Gasteiger partial charge in [-0.3, -0.25) is 19.1 Å². The topological polar surface area (TPSA) is 106 Å². The Bertz CT molecular complexity index is 683. The van der Waals surface area contributed by atoms with E-state index in [4.69, 9.17) is 4.74 Å². The molecule has 1 aliphatic rings. The molecule has 9 nitrogen and oxygen atoms in total. The summed E-state index contributed by atoms with van der Waals surface area (Å²) in [5, 5.41) is 10.00. The number of amides is 3. The zero-order valence-corrected chi connectivity index (χ0v) is 17.2. The molecule has 28 heavy (non-hydrogen) atoms. The van der Waals surface area contributed by atoms with Gasteiger partial charge in [-0.05, 0) is 25.8 Å². The van der Waals surface area contributed by atoms with E-state index in [0.717, 1.165) is 12.1 Å². The van der Waals surface area contributed by atoms with Crippen LogP contribution in [0.5, 0.6) is 0 Å². The molecule has 1 fully saturated rings. The Labute approximate surface area is 165 Å². The minimum absolute atomic E-state index is 0.0956. The van der Waals surface area contributed by atoms with Crippen molar-refractivity contribution >= 4 is 17.7 Å². The van der Waals surface area contributed by atoms with Crippen molar-refractivity contribution in [2.75, 3.05) is 33.9 Å². The third kappa shape index (κ3) is 6.05. The smallest absolute Gasteiger partial charge is 0.272 e. The molecule has 1 aromatic heterocycles. The van der Waals surface area contributed by atoms with Crippen LogP contribution in [0, 0.1) is 12.8 Å². The standard InChI is InChI=1S/C19H31N5O4/c1-13-10-16(22-24(13)3)19(27)21-15-7-5-6-14(11-17(25)23(2)12-15)18(26)20-8-9-28-4/h10,14-15H,5-9,11-12H2,1-4H3,(H,20,26)(H,21,27). The summed E-state index contributed by atoms with van der Waals surface area (Å²) >= 11 is 0. The number of carbonyl (C=O) groups excluding carboxylic acids is 3. The van der Waals surface area contributed by atoms with Gasteiger partial charge in [0.15, 0.2) is 0 Å². The molecular formula is C19H31N5O4. The molecule has 3 amide bonds. The largest absolute Gasteiger partial charge is 0.383 e. The Morgan fingerprint density at radius 3 is 2.71 bits per heavy atom. The lowest BCUT2D eigenvalue weighted by molar-refractivity contribution is -0.135. The van der Waals surface area contributed by atoms with Crippen LogP contribution in [-0.4, -0.2) is 72.3 Å². The van der Waals surface area contributed by atoms with Gasteiger partial charge in [-0.15, -0.1) is 0 Å². The number of likely N-dealkylation sites (N-methyl/N-ethyl adjacent to an activating group) is 1. The van der Waals surface area contributed by atoms with Gasteiger partial charge in [0.25, 0.3) is 5.91 Å². The highest BCUT2D eigenvalue weighted by atomic mass is 16.5. The van der Waals surface area contributed by atoms with Crippen LogP contribution in [0.15, 0.2) is 6.07 Å². The zero-order chi connectivity index (χ0) is 20.7. The van der Waals surface area contributed by atoms with Gasteiger partial charge >= 0.3 is 0 Å². The van der Waals surface area contributed by atoms with E-state index in [1.165, 1.54) is 0 Å². The van der Waals surface area contributed by atoms with E-state index in [2.05, 4.69) is 15.7 Å². The lowest BCUT2D eigenvalue weighted by atomic mass is 9.96. The molecule has 0 radical (unpaired) electrons. The second-order valence-electron chi connectivity index (χ2n) is 7.35. The number of rotatable bonds is 6. The first-order valence-electron chi connectivity index (χ1n) is 9.64. The normalized spacial score (nSPS) is 20.9. The predicted octanol–water partition coefficient (Wildman–Crippen LogP) is 0.238. The van der Waals surface area contributed by atoms with E-state index in [1.807, 2.05) is 6.92 Å². The molecule has 2 rings (SSSR count). The molecule has 0 aromatic carbocycles. The lowest BCUT2D eigenvalue weighted by Gasteiger charge is -2.24. The van der Waals surface area contributed by atoms with Gasteiger partial charge in [-0.1, -0.05) is 6.42 Å². The molecule has 2 N–H and O–H groups in total. The number of aryl methyl sites for hydroxylation is 2. The van der Waals surface area contributed by atoms with Gasteiger partial charge in [-0.25, -0.2) is 0 Å². The maximum Gasteiger partial charge on any atom is 0.272 e. The molecular weight excluding hydrogens is 362 g/mol. The van der Waals surface area contributed by atoms with Crippen molar-refractivity contribution in [1.29, 1.82) is 0 Å². The molecule has 2 atom stereocenters. The number of carbonyl (C=O) groups is 3. The maximum absolute atomic E-state index is 12.5. The van der Waals surface area contributed by atoms with Gasteiger partial charge in [-0.2, -0.15) is 5.10 Å². The minimum Gasteiger partial charge on any atom is -0.383 e. The Balaban J connectivity index is 1.98. The quantitative estimate of drug-likeness (QED) is 0.674. The third-order valence-corrected chi connectivity index (χ3v) is 5.10. The number of nitrogens with one attached hydrogen (secondary N) is 2. The Morgan fingerprint density at radius 1 is 1.32 bits per heavy atom. The van der Waals surface area contributed by atoms with E-state index in [0.29, 0.717) is 38.2 Å². The average Bonchev–Trinajstić information content (AvgIpc) is 3.01. The summed E-state index contributed by atoms with van der Waals surface area (Å²) < 4.78 is 6.60.